The van der Waals surface area contributed by atoms with Gasteiger partial charge in [-0.05, 0) is 68.3 Å². The lowest BCUT2D eigenvalue weighted by atomic mass is 10.1. The van der Waals surface area contributed by atoms with Gasteiger partial charge in [-0.1, -0.05) is 6.07 Å². The Bertz CT molecular complexity index is 677. The van der Waals surface area contributed by atoms with Crippen LogP contribution in [0.4, 0.5) is 0 Å². The Morgan fingerprint density at radius 1 is 1.00 bits per heavy atom. The van der Waals surface area contributed by atoms with Crippen LogP contribution in [0.3, 0.4) is 0 Å². The second-order valence-electron chi connectivity index (χ2n) is 5.90. The molecule has 0 saturated carbocycles. The summed E-state index contributed by atoms with van der Waals surface area (Å²) in [4.78, 5) is 12.1. The summed E-state index contributed by atoms with van der Waals surface area (Å²) in [5, 5.41) is 2.81. The maximum absolute atomic E-state index is 12.1. The van der Waals surface area contributed by atoms with E-state index in [1.165, 1.54) is 0 Å². The summed E-state index contributed by atoms with van der Waals surface area (Å²) < 4.78 is 16.4. The van der Waals surface area contributed by atoms with Crippen molar-refractivity contribution in [3.05, 3.63) is 53.6 Å². The highest BCUT2D eigenvalue weighted by Crippen LogP contribution is 2.18. The Balaban J connectivity index is 1.73. The van der Waals surface area contributed by atoms with Gasteiger partial charge in [-0.25, -0.2) is 0 Å². The maximum atomic E-state index is 12.1. The van der Waals surface area contributed by atoms with Crippen molar-refractivity contribution in [2.45, 2.75) is 26.9 Å². The van der Waals surface area contributed by atoms with Crippen LogP contribution >= 0.6 is 0 Å². The molecule has 134 valence electrons. The van der Waals surface area contributed by atoms with E-state index in [2.05, 4.69) is 11.4 Å². The number of hydrogen-bond donors (Lipinski definition) is 1. The lowest BCUT2D eigenvalue weighted by Gasteiger charge is -2.15. The van der Waals surface area contributed by atoms with Crippen LogP contribution in [0.5, 0.6) is 17.2 Å². The molecule has 2 rings (SSSR count). The van der Waals surface area contributed by atoms with Gasteiger partial charge in [0.25, 0.3) is 5.91 Å². The number of carbonyl (C=O) groups is 1. The third-order valence-electron chi connectivity index (χ3n) is 3.61. The maximum Gasteiger partial charge on any atom is 0.260 e. The smallest absolute Gasteiger partial charge is 0.260 e. The zero-order valence-corrected chi connectivity index (χ0v) is 15.2. The zero-order valence-electron chi connectivity index (χ0n) is 15.2. The van der Waals surface area contributed by atoms with Crippen LogP contribution in [0.15, 0.2) is 42.5 Å². The Hall–Kier alpha value is -2.69. The van der Waals surface area contributed by atoms with E-state index >= 15 is 0 Å². The second-order valence-corrected chi connectivity index (χ2v) is 5.90. The highest BCUT2D eigenvalue weighted by Gasteiger charge is 2.14. The molecule has 1 amide bonds. The summed E-state index contributed by atoms with van der Waals surface area (Å²) in [6, 6.07) is 13.2. The van der Waals surface area contributed by atoms with E-state index in [4.69, 9.17) is 14.2 Å². The average Bonchev–Trinajstić information content (AvgIpc) is 2.58. The van der Waals surface area contributed by atoms with Crippen LogP contribution in [0.2, 0.25) is 0 Å². The molecule has 0 heterocycles. The number of carbonyl (C=O) groups excluding carboxylic acids is 1. The molecular weight excluding hydrogens is 318 g/mol. The van der Waals surface area contributed by atoms with Crippen molar-refractivity contribution in [3.63, 3.8) is 0 Å². The molecule has 0 bridgehead atoms. The van der Waals surface area contributed by atoms with Gasteiger partial charge >= 0.3 is 0 Å². The van der Waals surface area contributed by atoms with E-state index in [9.17, 15) is 4.79 Å². The number of amides is 1. The van der Waals surface area contributed by atoms with Gasteiger partial charge in [0.15, 0.2) is 6.10 Å². The van der Waals surface area contributed by atoms with Gasteiger partial charge in [-0.3, -0.25) is 4.79 Å². The van der Waals surface area contributed by atoms with E-state index < -0.39 is 6.10 Å². The summed E-state index contributed by atoms with van der Waals surface area (Å²) in [5.74, 6) is 2.00. The normalized spacial score (nSPS) is 11.5. The molecular formula is C20H25NO4. The molecule has 0 aliphatic rings. The Morgan fingerprint density at radius 3 is 2.20 bits per heavy atom. The molecule has 5 nitrogen and oxygen atoms in total. The Labute approximate surface area is 148 Å². The van der Waals surface area contributed by atoms with Gasteiger partial charge in [0.1, 0.15) is 23.9 Å². The molecule has 1 N–H and O–H groups in total. The monoisotopic (exact) mass is 343 g/mol. The highest BCUT2D eigenvalue weighted by atomic mass is 16.5. The standard InChI is InChI=1S/C20H25NO4/c1-14-11-15(2)13-19(12-14)24-10-9-21-20(22)16(3)25-18-7-5-17(23-4)6-8-18/h5-8,11-13,16H,9-10H2,1-4H3,(H,21,22)/t16-/m0/s1. The van der Waals surface area contributed by atoms with Gasteiger partial charge in [-0.2, -0.15) is 0 Å². The minimum atomic E-state index is -0.588. The first-order chi connectivity index (χ1) is 12.0. The topological polar surface area (TPSA) is 56.8 Å². The first-order valence-electron chi connectivity index (χ1n) is 8.27. The lowest BCUT2D eigenvalue weighted by molar-refractivity contribution is -0.127. The minimum absolute atomic E-state index is 0.181. The molecule has 1 atom stereocenters. The molecule has 0 aliphatic heterocycles. The van der Waals surface area contributed by atoms with Gasteiger partial charge < -0.3 is 19.5 Å². The van der Waals surface area contributed by atoms with E-state index in [1.54, 1.807) is 38.3 Å². The van der Waals surface area contributed by atoms with Crippen molar-refractivity contribution in [1.82, 2.24) is 5.32 Å². The fourth-order valence-corrected chi connectivity index (χ4v) is 2.42. The summed E-state index contributed by atoms with van der Waals surface area (Å²) in [6.45, 7) is 6.59. The third kappa shape index (κ3) is 6.03. The third-order valence-corrected chi connectivity index (χ3v) is 3.61. The summed E-state index contributed by atoms with van der Waals surface area (Å²) in [7, 11) is 1.60. The van der Waals surface area contributed by atoms with Gasteiger partial charge in [-0.15, -0.1) is 0 Å². The van der Waals surface area contributed by atoms with Crippen LogP contribution in [0.1, 0.15) is 18.1 Å². The highest BCUT2D eigenvalue weighted by molar-refractivity contribution is 5.80. The second kappa shape index (κ2) is 8.97. The molecule has 0 unspecified atom stereocenters. The van der Waals surface area contributed by atoms with E-state index in [-0.39, 0.29) is 5.91 Å². The fourth-order valence-electron chi connectivity index (χ4n) is 2.42. The van der Waals surface area contributed by atoms with Crippen molar-refractivity contribution >= 4 is 5.91 Å². The van der Waals surface area contributed by atoms with Crippen LogP contribution < -0.4 is 19.5 Å². The fraction of sp³-hybridized carbons (Fsp3) is 0.350. The number of benzene rings is 2. The predicted molar refractivity (Wildman–Crippen MR) is 97.5 cm³/mol. The largest absolute Gasteiger partial charge is 0.497 e. The number of nitrogens with one attached hydrogen (secondary N) is 1. The number of hydrogen-bond acceptors (Lipinski definition) is 4. The van der Waals surface area contributed by atoms with E-state index in [0.717, 1.165) is 22.6 Å². The summed E-state index contributed by atoms with van der Waals surface area (Å²) in [6.07, 6.45) is -0.588. The molecule has 0 spiro atoms. The Kier molecular flexibility index (Phi) is 6.69. The number of ether oxygens (including phenoxy) is 3. The molecule has 0 saturated heterocycles. The number of rotatable bonds is 8. The molecule has 0 radical (unpaired) electrons. The van der Waals surface area contributed by atoms with Crippen molar-refractivity contribution in [1.29, 1.82) is 0 Å². The Morgan fingerprint density at radius 2 is 1.60 bits per heavy atom. The van der Waals surface area contributed by atoms with Gasteiger partial charge in [0.2, 0.25) is 0 Å². The van der Waals surface area contributed by atoms with Crippen LogP contribution in [-0.4, -0.2) is 32.3 Å². The van der Waals surface area contributed by atoms with Crippen molar-refractivity contribution in [2.75, 3.05) is 20.3 Å². The SMILES string of the molecule is COc1ccc(O[C@@H](C)C(=O)NCCOc2cc(C)cc(C)c2)cc1. The van der Waals surface area contributed by atoms with Crippen LogP contribution in [-0.2, 0) is 4.79 Å². The molecule has 25 heavy (non-hydrogen) atoms. The first-order valence-corrected chi connectivity index (χ1v) is 8.27. The average molecular weight is 343 g/mol. The van der Waals surface area contributed by atoms with E-state index in [1.807, 2.05) is 26.0 Å². The summed E-state index contributed by atoms with van der Waals surface area (Å²) >= 11 is 0. The van der Waals surface area contributed by atoms with E-state index in [0.29, 0.717) is 18.9 Å². The zero-order chi connectivity index (χ0) is 18.2. The minimum Gasteiger partial charge on any atom is -0.497 e. The van der Waals surface area contributed by atoms with Gasteiger partial charge in [0, 0.05) is 0 Å². The molecule has 0 aromatic heterocycles. The number of methoxy groups -OCH3 is 1. The number of aryl methyl sites for hydroxylation is 2. The van der Waals surface area contributed by atoms with Crippen molar-refractivity contribution < 1.29 is 19.0 Å². The first kappa shape index (κ1) is 18.6. The van der Waals surface area contributed by atoms with Crippen LogP contribution in [0, 0.1) is 13.8 Å². The molecule has 2 aromatic carbocycles. The van der Waals surface area contributed by atoms with Crippen molar-refractivity contribution in [3.8, 4) is 17.2 Å². The molecule has 0 fully saturated rings. The molecule has 2 aromatic rings. The van der Waals surface area contributed by atoms with Gasteiger partial charge in [0.05, 0.1) is 13.7 Å². The summed E-state index contributed by atoms with van der Waals surface area (Å²) in [5.41, 5.74) is 2.31. The van der Waals surface area contributed by atoms with Crippen LogP contribution in [0.25, 0.3) is 0 Å². The van der Waals surface area contributed by atoms with Crippen molar-refractivity contribution in [2.24, 2.45) is 0 Å². The molecule has 5 heteroatoms. The lowest BCUT2D eigenvalue weighted by Crippen LogP contribution is -2.38. The quantitative estimate of drug-likeness (QED) is 0.748. The molecule has 0 aliphatic carbocycles. The predicted octanol–water partition coefficient (Wildman–Crippen LogP) is 3.27.